The lowest BCUT2D eigenvalue weighted by atomic mass is 10.1. The Balaban J connectivity index is 2.36. The number of hydrogen-bond acceptors (Lipinski definition) is 2. The van der Waals surface area contributed by atoms with Gasteiger partial charge in [0.05, 0.1) is 5.52 Å². The Morgan fingerprint density at radius 3 is 2.78 bits per heavy atom. The van der Waals surface area contributed by atoms with Crippen molar-refractivity contribution in [1.82, 2.24) is 4.98 Å². The number of carbonyl (C=O) groups is 1. The zero-order valence-electron chi connectivity index (χ0n) is 10.8. The molecule has 92 valence electrons. The minimum absolute atomic E-state index is 0.0457. The highest BCUT2D eigenvalue weighted by Crippen LogP contribution is 2.16. The van der Waals surface area contributed by atoms with E-state index in [1.807, 2.05) is 25.1 Å². The second-order valence-electron chi connectivity index (χ2n) is 4.46. The van der Waals surface area contributed by atoms with E-state index in [0.29, 0.717) is 0 Å². The predicted molar refractivity (Wildman–Crippen MR) is 75.4 cm³/mol. The van der Waals surface area contributed by atoms with Crippen LogP contribution in [-0.2, 0) is 11.2 Å². The first-order chi connectivity index (χ1) is 8.72. The Morgan fingerprint density at radius 2 is 2.06 bits per heavy atom. The SMILES string of the molecule is CCc1ccc2ccc(/C=C/C(C)C=O)cc2n1. The summed E-state index contributed by atoms with van der Waals surface area (Å²) in [5, 5.41) is 1.15. The first-order valence-corrected chi connectivity index (χ1v) is 6.26. The van der Waals surface area contributed by atoms with E-state index in [1.165, 1.54) is 0 Å². The van der Waals surface area contributed by atoms with Gasteiger partial charge in [0.1, 0.15) is 6.29 Å². The Morgan fingerprint density at radius 1 is 1.28 bits per heavy atom. The van der Waals surface area contributed by atoms with Crippen molar-refractivity contribution in [1.29, 1.82) is 0 Å². The number of allylic oxidation sites excluding steroid dienone is 1. The molecule has 0 aliphatic heterocycles. The largest absolute Gasteiger partial charge is 0.303 e. The molecule has 1 unspecified atom stereocenters. The van der Waals surface area contributed by atoms with E-state index < -0.39 is 0 Å². The molecule has 2 heteroatoms. The van der Waals surface area contributed by atoms with Crippen molar-refractivity contribution in [2.45, 2.75) is 20.3 Å². The minimum atomic E-state index is -0.0457. The summed E-state index contributed by atoms with van der Waals surface area (Å²) in [5.41, 5.74) is 3.19. The van der Waals surface area contributed by atoms with Gasteiger partial charge in [-0.3, -0.25) is 4.98 Å². The Kier molecular flexibility index (Phi) is 3.88. The van der Waals surface area contributed by atoms with Crippen LogP contribution >= 0.6 is 0 Å². The van der Waals surface area contributed by atoms with E-state index in [-0.39, 0.29) is 5.92 Å². The van der Waals surface area contributed by atoms with Crippen molar-refractivity contribution in [3.8, 4) is 0 Å². The number of pyridine rings is 1. The number of hydrogen-bond donors (Lipinski definition) is 0. The van der Waals surface area contributed by atoms with Crippen LogP contribution in [0.25, 0.3) is 17.0 Å². The zero-order chi connectivity index (χ0) is 13.0. The van der Waals surface area contributed by atoms with Crippen LogP contribution in [0.2, 0.25) is 0 Å². The lowest BCUT2D eigenvalue weighted by Crippen LogP contribution is -1.89. The molecule has 0 amide bonds. The highest BCUT2D eigenvalue weighted by atomic mass is 16.1. The highest BCUT2D eigenvalue weighted by molar-refractivity contribution is 5.81. The van der Waals surface area contributed by atoms with Gasteiger partial charge in [0.15, 0.2) is 0 Å². The topological polar surface area (TPSA) is 30.0 Å². The molecule has 2 rings (SSSR count). The summed E-state index contributed by atoms with van der Waals surface area (Å²) in [6, 6.07) is 10.3. The summed E-state index contributed by atoms with van der Waals surface area (Å²) in [7, 11) is 0. The summed E-state index contributed by atoms with van der Waals surface area (Å²) < 4.78 is 0. The lowest BCUT2D eigenvalue weighted by Gasteiger charge is -2.02. The van der Waals surface area contributed by atoms with Crippen LogP contribution < -0.4 is 0 Å². The van der Waals surface area contributed by atoms with Gasteiger partial charge < -0.3 is 4.79 Å². The fourth-order valence-corrected chi connectivity index (χ4v) is 1.79. The third kappa shape index (κ3) is 2.83. The monoisotopic (exact) mass is 239 g/mol. The van der Waals surface area contributed by atoms with Gasteiger partial charge in [0.25, 0.3) is 0 Å². The average molecular weight is 239 g/mol. The fraction of sp³-hybridized carbons (Fsp3) is 0.250. The molecule has 0 aliphatic carbocycles. The second-order valence-corrected chi connectivity index (χ2v) is 4.46. The van der Waals surface area contributed by atoms with Gasteiger partial charge in [0.2, 0.25) is 0 Å². The normalized spacial score (nSPS) is 13.0. The average Bonchev–Trinajstić information content (AvgIpc) is 2.43. The Hall–Kier alpha value is -1.96. The van der Waals surface area contributed by atoms with Crippen molar-refractivity contribution < 1.29 is 4.79 Å². The van der Waals surface area contributed by atoms with Crippen molar-refractivity contribution in [2.24, 2.45) is 5.92 Å². The molecule has 1 aromatic heterocycles. The summed E-state index contributed by atoms with van der Waals surface area (Å²) in [4.78, 5) is 15.2. The first kappa shape index (κ1) is 12.5. The molecule has 1 atom stereocenters. The van der Waals surface area contributed by atoms with Crippen molar-refractivity contribution in [2.75, 3.05) is 0 Å². The molecular formula is C16H17NO. The third-order valence-corrected chi connectivity index (χ3v) is 2.94. The van der Waals surface area contributed by atoms with Gasteiger partial charge in [-0.25, -0.2) is 0 Å². The van der Waals surface area contributed by atoms with Gasteiger partial charge in [-0.1, -0.05) is 44.2 Å². The van der Waals surface area contributed by atoms with Gasteiger partial charge >= 0.3 is 0 Å². The maximum Gasteiger partial charge on any atom is 0.126 e. The number of aromatic nitrogens is 1. The summed E-state index contributed by atoms with van der Waals surface area (Å²) in [6.45, 7) is 3.97. The van der Waals surface area contributed by atoms with Crippen LogP contribution in [0.4, 0.5) is 0 Å². The number of aldehydes is 1. The number of fused-ring (bicyclic) bond motifs is 1. The molecule has 0 bridgehead atoms. The quantitative estimate of drug-likeness (QED) is 0.762. The molecule has 2 nitrogen and oxygen atoms in total. The van der Waals surface area contributed by atoms with E-state index in [1.54, 1.807) is 0 Å². The number of nitrogens with zero attached hydrogens (tertiary/aromatic N) is 1. The molecule has 18 heavy (non-hydrogen) atoms. The summed E-state index contributed by atoms with van der Waals surface area (Å²) in [6.07, 6.45) is 5.75. The van der Waals surface area contributed by atoms with Crippen LogP contribution in [-0.4, -0.2) is 11.3 Å². The summed E-state index contributed by atoms with van der Waals surface area (Å²) in [5.74, 6) is -0.0457. The molecule has 0 saturated heterocycles. The Bertz CT molecular complexity index is 587. The fourth-order valence-electron chi connectivity index (χ4n) is 1.79. The molecule has 0 radical (unpaired) electrons. The summed E-state index contributed by atoms with van der Waals surface area (Å²) >= 11 is 0. The van der Waals surface area contributed by atoms with Gasteiger partial charge in [0, 0.05) is 17.0 Å². The van der Waals surface area contributed by atoms with Crippen LogP contribution in [0.3, 0.4) is 0 Å². The number of rotatable bonds is 4. The molecule has 1 heterocycles. The molecule has 0 saturated carbocycles. The molecule has 0 N–H and O–H groups in total. The van der Waals surface area contributed by atoms with Gasteiger partial charge in [-0.2, -0.15) is 0 Å². The van der Waals surface area contributed by atoms with Crippen LogP contribution in [0.15, 0.2) is 36.4 Å². The van der Waals surface area contributed by atoms with Crippen LogP contribution in [0.5, 0.6) is 0 Å². The van der Waals surface area contributed by atoms with E-state index in [9.17, 15) is 4.79 Å². The molecule has 0 spiro atoms. The molecule has 0 fully saturated rings. The van der Waals surface area contributed by atoms with Gasteiger partial charge in [-0.05, 0) is 24.1 Å². The van der Waals surface area contributed by atoms with E-state index in [0.717, 1.165) is 34.9 Å². The molecule has 2 aromatic rings. The van der Waals surface area contributed by atoms with Crippen molar-refractivity contribution in [3.05, 3.63) is 47.7 Å². The van der Waals surface area contributed by atoms with Crippen molar-refractivity contribution >= 4 is 23.3 Å². The van der Waals surface area contributed by atoms with E-state index >= 15 is 0 Å². The number of aryl methyl sites for hydroxylation is 1. The van der Waals surface area contributed by atoms with Crippen LogP contribution in [0.1, 0.15) is 25.1 Å². The third-order valence-electron chi connectivity index (χ3n) is 2.94. The maximum atomic E-state index is 10.6. The molecule has 1 aromatic carbocycles. The van der Waals surface area contributed by atoms with Gasteiger partial charge in [-0.15, -0.1) is 0 Å². The number of benzene rings is 1. The van der Waals surface area contributed by atoms with Crippen molar-refractivity contribution in [3.63, 3.8) is 0 Å². The minimum Gasteiger partial charge on any atom is -0.303 e. The Labute approximate surface area is 107 Å². The highest BCUT2D eigenvalue weighted by Gasteiger charge is 1.98. The van der Waals surface area contributed by atoms with E-state index in [2.05, 4.69) is 36.2 Å². The molecule has 0 aliphatic rings. The second kappa shape index (κ2) is 5.58. The number of carbonyl (C=O) groups excluding carboxylic acids is 1. The standard InChI is InChI=1S/C16H17NO/c1-3-15-9-8-14-7-6-13(10-16(14)17-15)5-4-12(2)11-18/h4-12H,3H2,1-2H3/b5-4+. The zero-order valence-corrected chi connectivity index (χ0v) is 10.8. The maximum absolute atomic E-state index is 10.6. The van der Waals surface area contributed by atoms with Crippen LogP contribution in [0, 0.1) is 5.92 Å². The lowest BCUT2D eigenvalue weighted by molar-refractivity contribution is -0.109. The predicted octanol–water partition coefficient (Wildman–Crippen LogP) is 3.65. The smallest absolute Gasteiger partial charge is 0.126 e. The molecular weight excluding hydrogens is 222 g/mol. The van der Waals surface area contributed by atoms with E-state index in [4.69, 9.17) is 0 Å². The first-order valence-electron chi connectivity index (χ1n) is 6.26.